The Hall–Kier alpha value is -2.12. The monoisotopic (exact) mass is 801 g/mol. The van der Waals surface area contributed by atoms with Crippen LogP contribution in [0.15, 0.2) is 92.8 Å². The minimum absolute atomic E-state index is 0. The third-order valence-corrected chi connectivity index (χ3v) is 7.98. The van der Waals surface area contributed by atoms with Crippen molar-refractivity contribution in [2.75, 3.05) is 16.8 Å². The maximum atomic E-state index is 12.0. The summed E-state index contributed by atoms with van der Waals surface area (Å²) in [7, 11) is -13.0. The van der Waals surface area contributed by atoms with E-state index in [1.165, 1.54) is 24.3 Å². The predicted octanol–water partition coefficient (Wildman–Crippen LogP) is -4.68. The van der Waals surface area contributed by atoms with Gasteiger partial charge in [-0.1, -0.05) is 41.8 Å². The maximum Gasteiger partial charge on any atom is 1.00 e. The molecule has 5 rings (SSSR count). The average molecular weight is 802 g/mol. The minimum Gasteiger partial charge on any atom is -0.744 e. The van der Waals surface area contributed by atoms with Gasteiger partial charge in [0.05, 0.1) is 4.90 Å². The second-order valence-corrected chi connectivity index (χ2v) is 12.6. The molecule has 0 radical (unpaired) electrons. The molecule has 0 saturated heterocycles. The van der Waals surface area contributed by atoms with Crippen molar-refractivity contribution in [2.45, 2.75) is 16.7 Å². The van der Waals surface area contributed by atoms with Gasteiger partial charge in [-0.05, 0) is 48.9 Å². The second kappa shape index (κ2) is 20.4. The van der Waals surface area contributed by atoms with Crippen LogP contribution >= 0.6 is 11.6 Å². The van der Waals surface area contributed by atoms with E-state index in [4.69, 9.17) is 24.2 Å². The third-order valence-electron chi connectivity index (χ3n) is 6.12. The number of aromatic hydroxyl groups is 1. The van der Waals surface area contributed by atoms with Crippen LogP contribution in [0, 0.1) is 6.07 Å². The number of hydrogen-bond acceptors (Lipinski definition) is 17. The molecule has 0 atom stereocenters. The summed E-state index contributed by atoms with van der Waals surface area (Å²) in [6.45, 7) is 2.31. The molecule has 0 fully saturated rings. The van der Waals surface area contributed by atoms with Gasteiger partial charge in [0.15, 0.2) is 0 Å². The Balaban J connectivity index is 0.00000176. The summed E-state index contributed by atoms with van der Waals surface area (Å²) in [5.41, 5.74) is 0.0424. The molecule has 0 saturated carbocycles. The Labute approximate surface area is 364 Å². The molecule has 24 heteroatoms. The van der Waals surface area contributed by atoms with E-state index in [2.05, 4.69) is 36.6 Å². The van der Waals surface area contributed by atoms with Gasteiger partial charge in [-0.15, -0.1) is 18.0 Å². The molecule has 17 nitrogen and oxygen atoms in total. The van der Waals surface area contributed by atoms with E-state index in [-0.39, 0.29) is 134 Å². The number of hydrogen-bond donors (Lipinski definition) is 2. The molecule has 0 aliphatic rings. The van der Waals surface area contributed by atoms with Crippen LogP contribution in [0.2, 0.25) is 5.28 Å². The predicted molar refractivity (Wildman–Crippen MR) is 168 cm³/mol. The van der Waals surface area contributed by atoms with E-state index in [9.17, 15) is 31.0 Å². The van der Waals surface area contributed by atoms with Gasteiger partial charge in [-0.25, -0.2) is 16.8 Å². The van der Waals surface area contributed by atoms with E-state index in [1.54, 1.807) is 4.90 Å². The molecule has 51 heavy (non-hydrogen) atoms. The molecule has 0 aliphatic carbocycles. The topological polar surface area (TPSA) is 264 Å². The number of nitrogens with zero attached hydrogens (tertiary/aromatic N) is 6. The molecule has 0 unspecified atom stereocenters. The van der Waals surface area contributed by atoms with E-state index in [1.807, 2.05) is 37.3 Å². The van der Waals surface area contributed by atoms with Crippen molar-refractivity contribution < 1.29 is 132 Å². The fourth-order valence-corrected chi connectivity index (χ4v) is 5.51. The molecule has 250 valence electrons. The van der Waals surface area contributed by atoms with Crippen molar-refractivity contribution in [2.24, 2.45) is 10.2 Å². The number of nitrogens with one attached hydrogen (secondary N) is 1. The number of phenols is 1. The Morgan fingerprint density at radius 2 is 1.51 bits per heavy atom. The minimum atomic E-state index is -4.97. The van der Waals surface area contributed by atoms with E-state index in [0.29, 0.717) is 6.54 Å². The standard InChI is InChI=1S/C27H21ClN7O7S2.3Na.O3S/c1-2-35(17-8-4-3-5-9-17)27-31-25(28)30-26(32-27)29-21-15-18(43(37,38)39)14-16-12-13-20(24(36)23(16)21)34-33-19-10-6-7-11-22(19)44(40,41)42;;;;1-4(2)3/h3-12,14-15,36H,2H2,1H3,(H,37,38,39)(H,40,41,42)(H,29,30,31,32);;;;/q-1;3*+1;/p-2. The van der Waals surface area contributed by atoms with Crippen LogP contribution in [0.25, 0.3) is 10.8 Å². The van der Waals surface area contributed by atoms with Crippen LogP contribution in [0.4, 0.5) is 34.6 Å². The number of phenolic OH excluding ortho intramolecular Hbond substituents is 1. The molecule has 1 heterocycles. The first-order valence-corrected chi connectivity index (χ1v) is 17.2. The van der Waals surface area contributed by atoms with Crippen molar-refractivity contribution >= 4 is 87.9 Å². The molecular formula is C27H19ClN7Na3O10S3. The normalized spacial score (nSPS) is 10.9. The Bertz CT molecular complexity index is 2380. The van der Waals surface area contributed by atoms with Crippen molar-refractivity contribution in [3.63, 3.8) is 0 Å². The summed E-state index contributed by atoms with van der Waals surface area (Å²) in [5.74, 6) is -0.579. The molecule has 1 aromatic heterocycles. The SMILES string of the molecule is CCN(c1ccccc1)c1nc(Cl)nc(Nc2cc(S(=O)(=O)[O-])cc3c[c-]c(N=Nc4ccccc4S(=O)(=O)[O-])c(O)c23)n1.O=S(=O)=O.[Na+].[Na+].[Na+]. The van der Waals surface area contributed by atoms with Crippen molar-refractivity contribution in [1.82, 2.24) is 15.0 Å². The quantitative estimate of drug-likeness (QED) is 0.0614. The van der Waals surface area contributed by atoms with Crippen LogP contribution in [-0.2, 0) is 30.8 Å². The fourth-order valence-electron chi connectivity index (χ4n) is 4.21. The average Bonchev–Trinajstić information content (AvgIpc) is 3.00. The van der Waals surface area contributed by atoms with Gasteiger partial charge >= 0.3 is 99.3 Å². The Morgan fingerprint density at radius 3 is 2.10 bits per heavy atom. The molecule has 0 aliphatic heterocycles. The first kappa shape index (κ1) is 46.9. The zero-order chi connectivity index (χ0) is 35.2. The number of rotatable bonds is 9. The Kier molecular flexibility index (Phi) is 18.7. The van der Waals surface area contributed by atoms with Crippen LogP contribution in [0.1, 0.15) is 6.92 Å². The molecule has 0 spiro atoms. The number of para-hydroxylation sites is 1. The van der Waals surface area contributed by atoms with Crippen molar-refractivity contribution in [3.05, 3.63) is 84.1 Å². The van der Waals surface area contributed by atoms with E-state index < -0.39 is 46.4 Å². The third kappa shape index (κ3) is 12.8. The molecular weight excluding hydrogens is 783 g/mol. The largest absolute Gasteiger partial charge is 1.00 e. The van der Waals surface area contributed by atoms with Crippen molar-refractivity contribution in [3.8, 4) is 5.75 Å². The number of azo groups is 1. The molecule has 2 N–H and O–H groups in total. The van der Waals surface area contributed by atoms with Crippen LogP contribution in [0.3, 0.4) is 0 Å². The van der Waals surface area contributed by atoms with Gasteiger partial charge in [0.1, 0.15) is 25.9 Å². The fraction of sp³-hybridized carbons (Fsp3) is 0.0741. The van der Waals surface area contributed by atoms with Crippen molar-refractivity contribution in [1.29, 1.82) is 0 Å². The van der Waals surface area contributed by atoms with Gasteiger partial charge in [-0.2, -0.15) is 37.3 Å². The molecule has 4 aromatic carbocycles. The first-order chi connectivity index (χ1) is 22.6. The first-order valence-electron chi connectivity index (χ1n) is 13.0. The number of halogens is 1. The van der Waals surface area contributed by atoms with E-state index >= 15 is 0 Å². The van der Waals surface area contributed by atoms with Gasteiger partial charge in [-0.3, -0.25) is 0 Å². The number of benzene rings is 4. The smallest absolute Gasteiger partial charge is 0.744 e. The van der Waals surface area contributed by atoms with Crippen LogP contribution < -0.4 is 98.9 Å². The zero-order valence-electron chi connectivity index (χ0n) is 27.0. The number of anilines is 4. The summed E-state index contributed by atoms with van der Waals surface area (Å²) >= 11 is 6.21. The molecule has 0 amide bonds. The second-order valence-electron chi connectivity index (χ2n) is 9.13. The Morgan fingerprint density at radius 1 is 0.902 bits per heavy atom. The summed E-state index contributed by atoms with van der Waals surface area (Å²) in [4.78, 5) is 13.1. The van der Waals surface area contributed by atoms with Crippen LogP contribution in [0.5, 0.6) is 5.75 Å². The van der Waals surface area contributed by atoms with Gasteiger partial charge in [0, 0.05) is 34.3 Å². The number of aromatic nitrogens is 3. The van der Waals surface area contributed by atoms with Gasteiger partial charge in [0.25, 0.3) is 0 Å². The molecule has 5 aromatic rings. The van der Waals surface area contributed by atoms with Crippen LogP contribution in [-0.4, -0.2) is 65.2 Å². The molecule has 0 bridgehead atoms. The van der Waals surface area contributed by atoms with E-state index in [0.717, 1.165) is 23.9 Å². The number of fused-ring (bicyclic) bond motifs is 1. The zero-order valence-corrected chi connectivity index (χ0v) is 36.2. The van der Waals surface area contributed by atoms with Gasteiger partial charge in [0.2, 0.25) is 17.2 Å². The van der Waals surface area contributed by atoms with Gasteiger partial charge < -0.3 is 24.4 Å². The summed E-state index contributed by atoms with van der Waals surface area (Å²) in [6, 6.07) is 20.1. The summed E-state index contributed by atoms with van der Waals surface area (Å²) in [6.07, 6.45) is 0. The maximum absolute atomic E-state index is 12.0. The summed E-state index contributed by atoms with van der Waals surface area (Å²) < 4.78 is 96.0. The summed E-state index contributed by atoms with van der Waals surface area (Å²) in [5, 5.41) is 21.4.